The topological polar surface area (TPSA) is 84.7 Å². The van der Waals surface area contributed by atoms with Gasteiger partial charge >= 0.3 is 0 Å². The summed E-state index contributed by atoms with van der Waals surface area (Å²) in [5, 5.41) is 0. The van der Waals surface area contributed by atoms with E-state index in [1.54, 1.807) is 0 Å². The molecular weight excluding hydrogens is 230 g/mol. The number of nitrogens with zero attached hydrogens (tertiary/aromatic N) is 1. The van der Waals surface area contributed by atoms with Crippen molar-refractivity contribution in [3.63, 3.8) is 0 Å². The predicted molar refractivity (Wildman–Crippen MR) is 62.2 cm³/mol. The molecule has 96 valence electrons. The second kappa shape index (κ2) is 5.42. The fourth-order valence-electron chi connectivity index (χ4n) is 1.42. The lowest BCUT2D eigenvalue weighted by Gasteiger charge is -2.33. The minimum atomic E-state index is -3.44. The molecule has 16 heavy (non-hydrogen) atoms. The highest BCUT2D eigenvalue weighted by atomic mass is 32.2. The Hall–Kier alpha value is -0.210. The third-order valence-corrected chi connectivity index (χ3v) is 4.71. The summed E-state index contributed by atoms with van der Waals surface area (Å²) in [7, 11) is -3.44. The molecule has 3 N–H and O–H groups in total. The van der Waals surface area contributed by atoms with Crippen LogP contribution in [0.2, 0.25) is 0 Å². The summed E-state index contributed by atoms with van der Waals surface area (Å²) < 4.78 is 33.2. The Labute approximate surface area is 97.3 Å². The smallest absolute Gasteiger partial charge is 0.280 e. The Morgan fingerprint density at radius 2 is 2.00 bits per heavy atom. The van der Waals surface area contributed by atoms with Crippen LogP contribution in [0.1, 0.15) is 20.3 Å². The molecule has 0 aromatic heterocycles. The molecule has 1 rings (SSSR count). The van der Waals surface area contributed by atoms with Gasteiger partial charge in [0.15, 0.2) is 0 Å². The van der Waals surface area contributed by atoms with E-state index in [0.717, 1.165) is 0 Å². The molecule has 1 saturated heterocycles. The molecule has 0 spiro atoms. The average Bonchev–Trinajstić information content (AvgIpc) is 2.29. The number of nitrogens with two attached hydrogens (primary N) is 1. The predicted octanol–water partition coefficient (Wildman–Crippen LogP) is -0.720. The lowest BCUT2D eigenvalue weighted by molar-refractivity contribution is 0.0719. The normalized spacial score (nSPS) is 22.9. The van der Waals surface area contributed by atoms with Gasteiger partial charge in [0, 0.05) is 25.2 Å². The van der Waals surface area contributed by atoms with Gasteiger partial charge in [-0.15, -0.1) is 0 Å². The van der Waals surface area contributed by atoms with Gasteiger partial charge in [-0.25, -0.2) is 0 Å². The van der Waals surface area contributed by atoms with Crippen molar-refractivity contribution in [2.45, 2.75) is 25.8 Å². The van der Waals surface area contributed by atoms with E-state index in [0.29, 0.717) is 32.7 Å². The van der Waals surface area contributed by atoms with Crippen molar-refractivity contribution in [1.29, 1.82) is 0 Å². The summed E-state index contributed by atoms with van der Waals surface area (Å²) >= 11 is 0. The van der Waals surface area contributed by atoms with E-state index in [2.05, 4.69) is 4.72 Å². The molecular formula is C9H21N3O3S. The van der Waals surface area contributed by atoms with Crippen LogP contribution in [-0.2, 0) is 14.9 Å². The monoisotopic (exact) mass is 251 g/mol. The summed E-state index contributed by atoms with van der Waals surface area (Å²) in [6.07, 6.45) is 0.660. The molecule has 0 saturated carbocycles. The molecule has 1 aliphatic rings. The van der Waals surface area contributed by atoms with Gasteiger partial charge in [0.1, 0.15) is 0 Å². The molecule has 7 heteroatoms. The number of morpholine rings is 1. The van der Waals surface area contributed by atoms with Crippen LogP contribution >= 0.6 is 0 Å². The number of hydrogen-bond donors (Lipinski definition) is 2. The molecule has 1 fully saturated rings. The molecule has 0 aromatic rings. The number of rotatable bonds is 5. The maximum Gasteiger partial charge on any atom is 0.280 e. The van der Waals surface area contributed by atoms with Crippen LogP contribution in [0.25, 0.3) is 0 Å². The molecule has 1 heterocycles. The van der Waals surface area contributed by atoms with Crippen LogP contribution in [0.4, 0.5) is 0 Å². The fourth-order valence-corrected chi connectivity index (χ4v) is 3.03. The number of ether oxygens (including phenoxy) is 1. The van der Waals surface area contributed by atoms with Gasteiger partial charge in [0.2, 0.25) is 0 Å². The Morgan fingerprint density at radius 3 is 2.44 bits per heavy atom. The van der Waals surface area contributed by atoms with Crippen LogP contribution in [0.3, 0.4) is 0 Å². The van der Waals surface area contributed by atoms with E-state index < -0.39 is 15.7 Å². The third kappa shape index (κ3) is 3.39. The molecule has 0 radical (unpaired) electrons. The van der Waals surface area contributed by atoms with Crippen LogP contribution in [0.5, 0.6) is 0 Å². The summed E-state index contributed by atoms with van der Waals surface area (Å²) in [4.78, 5) is 0. The van der Waals surface area contributed by atoms with Crippen LogP contribution in [0, 0.1) is 0 Å². The van der Waals surface area contributed by atoms with E-state index in [4.69, 9.17) is 10.5 Å². The molecule has 1 atom stereocenters. The molecule has 0 aromatic carbocycles. The largest absolute Gasteiger partial charge is 0.379 e. The lowest BCUT2D eigenvalue weighted by atomic mass is 10.0. The van der Waals surface area contributed by atoms with E-state index in [9.17, 15) is 8.42 Å². The Bertz CT molecular complexity index is 308. The van der Waals surface area contributed by atoms with Gasteiger partial charge in [-0.05, 0) is 13.3 Å². The number of nitrogens with one attached hydrogen (secondary N) is 1. The molecule has 0 aliphatic carbocycles. The van der Waals surface area contributed by atoms with Gasteiger partial charge in [-0.2, -0.15) is 17.4 Å². The fraction of sp³-hybridized carbons (Fsp3) is 1.00. The zero-order valence-corrected chi connectivity index (χ0v) is 10.7. The first-order valence-electron chi connectivity index (χ1n) is 5.50. The minimum Gasteiger partial charge on any atom is -0.379 e. The quantitative estimate of drug-likeness (QED) is 0.675. The van der Waals surface area contributed by atoms with Crippen molar-refractivity contribution < 1.29 is 13.2 Å². The Morgan fingerprint density at radius 1 is 1.44 bits per heavy atom. The summed E-state index contributed by atoms with van der Waals surface area (Å²) in [5.41, 5.74) is 5.01. The minimum absolute atomic E-state index is 0.285. The SMILES string of the molecule is CCC(C)(CN)NS(=O)(=O)N1CCOCC1. The standard InChI is InChI=1S/C9H21N3O3S/c1-3-9(2,8-10)11-16(13,14)12-4-6-15-7-5-12/h11H,3-8,10H2,1-2H3. The number of hydrogen-bond acceptors (Lipinski definition) is 4. The summed E-state index contributed by atoms with van der Waals surface area (Å²) in [6.45, 7) is 5.71. The Balaban J connectivity index is 2.70. The third-order valence-electron chi connectivity index (χ3n) is 2.92. The van der Waals surface area contributed by atoms with Crippen molar-refractivity contribution in [2.24, 2.45) is 5.73 Å². The molecule has 0 amide bonds. The van der Waals surface area contributed by atoms with Crippen LogP contribution in [-0.4, -0.2) is 51.1 Å². The second-order valence-corrected chi connectivity index (χ2v) is 5.91. The van der Waals surface area contributed by atoms with Crippen LogP contribution in [0.15, 0.2) is 0 Å². The Kier molecular flexibility index (Phi) is 4.69. The molecule has 0 bridgehead atoms. The van der Waals surface area contributed by atoms with Crippen molar-refractivity contribution in [2.75, 3.05) is 32.8 Å². The van der Waals surface area contributed by atoms with Crippen LogP contribution < -0.4 is 10.5 Å². The van der Waals surface area contributed by atoms with E-state index in [1.165, 1.54) is 4.31 Å². The second-order valence-electron chi connectivity index (χ2n) is 4.24. The van der Waals surface area contributed by atoms with Gasteiger partial charge in [0.05, 0.1) is 13.2 Å². The zero-order chi connectivity index (χ0) is 12.2. The first-order chi connectivity index (χ1) is 7.43. The van der Waals surface area contributed by atoms with Gasteiger partial charge in [-0.1, -0.05) is 6.92 Å². The van der Waals surface area contributed by atoms with Gasteiger partial charge in [-0.3, -0.25) is 0 Å². The van der Waals surface area contributed by atoms with E-state index in [1.807, 2.05) is 13.8 Å². The van der Waals surface area contributed by atoms with E-state index in [-0.39, 0.29) is 6.54 Å². The van der Waals surface area contributed by atoms with Crippen molar-refractivity contribution in [1.82, 2.24) is 9.03 Å². The highest BCUT2D eigenvalue weighted by Gasteiger charge is 2.31. The lowest BCUT2D eigenvalue weighted by Crippen LogP contribution is -2.56. The first kappa shape index (κ1) is 13.9. The van der Waals surface area contributed by atoms with Gasteiger partial charge < -0.3 is 10.5 Å². The average molecular weight is 251 g/mol. The molecule has 1 aliphatic heterocycles. The maximum atomic E-state index is 12.0. The van der Waals surface area contributed by atoms with Gasteiger partial charge in [0.25, 0.3) is 10.2 Å². The van der Waals surface area contributed by atoms with E-state index >= 15 is 0 Å². The highest BCUT2D eigenvalue weighted by molar-refractivity contribution is 7.87. The summed E-state index contributed by atoms with van der Waals surface area (Å²) in [6, 6.07) is 0. The molecule has 6 nitrogen and oxygen atoms in total. The zero-order valence-electron chi connectivity index (χ0n) is 9.90. The molecule has 1 unspecified atom stereocenters. The van der Waals surface area contributed by atoms with Crippen molar-refractivity contribution in [3.8, 4) is 0 Å². The first-order valence-corrected chi connectivity index (χ1v) is 6.94. The highest BCUT2D eigenvalue weighted by Crippen LogP contribution is 2.12. The summed E-state index contributed by atoms with van der Waals surface area (Å²) in [5.74, 6) is 0. The maximum absolute atomic E-state index is 12.0. The van der Waals surface area contributed by atoms with Crippen molar-refractivity contribution in [3.05, 3.63) is 0 Å². The van der Waals surface area contributed by atoms with Crippen molar-refractivity contribution >= 4 is 10.2 Å².